The zero-order chi connectivity index (χ0) is 14.7. The molecule has 21 heavy (non-hydrogen) atoms. The number of carbonyl (C=O) groups excluding carboxylic acids is 1. The number of hydrogen-bond acceptors (Lipinski definition) is 2. The van der Waals surface area contributed by atoms with E-state index >= 15 is 0 Å². The van der Waals surface area contributed by atoms with Gasteiger partial charge in [0.2, 0.25) is 0 Å². The van der Waals surface area contributed by atoms with Gasteiger partial charge < -0.3 is 10.4 Å². The summed E-state index contributed by atoms with van der Waals surface area (Å²) in [4.78, 5) is 12.4. The molecule has 0 aliphatic heterocycles. The van der Waals surface area contributed by atoms with Gasteiger partial charge >= 0.3 is 0 Å². The quantitative estimate of drug-likeness (QED) is 0.814. The molecule has 2 aliphatic carbocycles. The lowest BCUT2D eigenvalue weighted by Crippen LogP contribution is -2.31. The molecule has 110 valence electrons. The molecule has 3 nitrogen and oxygen atoms in total. The predicted octanol–water partition coefficient (Wildman–Crippen LogP) is 2.20. The van der Waals surface area contributed by atoms with Crippen molar-refractivity contribution in [1.82, 2.24) is 5.32 Å². The highest BCUT2D eigenvalue weighted by atomic mass is 16.2. The molecule has 3 rings (SSSR count). The summed E-state index contributed by atoms with van der Waals surface area (Å²) in [6.07, 6.45) is 5.32. The maximum Gasteiger partial charge on any atom is 0.252 e. The number of benzene rings is 1. The molecule has 0 spiro atoms. The molecule has 1 aromatic carbocycles. The fraction of sp³-hybridized carbons (Fsp3) is 0.500. The highest BCUT2D eigenvalue weighted by Gasteiger charge is 2.41. The molecule has 3 heteroatoms. The maximum atomic E-state index is 12.4. The predicted molar refractivity (Wildman–Crippen MR) is 81.7 cm³/mol. The number of aliphatic hydroxyl groups excluding tert-OH is 1. The summed E-state index contributed by atoms with van der Waals surface area (Å²) in [5.41, 5.74) is 1.28. The van der Waals surface area contributed by atoms with Crippen LogP contribution in [-0.4, -0.2) is 24.2 Å². The summed E-state index contributed by atoms with van der Waals surface area (Å²) in [5, 5.41) is 11.9. The number of amides is 1. The normalized spacial score (nSPS) is 17.2. The van der Waals surface area contributed by atoms with Gasteiger partial charge in [0.15, 0.2) is 0 Å². The number of aliphatic hydroxyl groups is 1. The number of hydrogen-bond donors (Lipinski definition) is 2. The van der Waals surface area contributed by atoms with E-state index in [1.165, 1.54) is 25.7 Å². The second kappa shape index (κ2) is 6.32. The van der Waals surface area contributed by atoms with Crippen molar-refractivity contribution in [3.8, 4) is 11.8 Å². The Kier molecular flexibility index (Phi) is 4.26. The van der Waals surface area contributed by atoms with Crippen LogP contribution in [0.2, 0.25) is 0 Å². The van der Waals surface area contributed by atoms with Gasteiger partial charge in [0.05, 0.1) is 5.56 Å². The molecule has 1 amide bonds. The molecule has 1 aromatic rings. The van der Waals surface area contributed by atoms with Gasteiger partial charge in [-0.25, -0.2) is 0 Å². The third-order valence-electron chi connectivity index (χ3n) is 4.43. The zero-order valence-corrected chi connectivity index (χ0v) is 12.1. The van der Waals surface area contributed by atoms with Crippen LogP contribution in [0.1, 0.15) is 41.6 Å². The van der Waals surface area contributed by atoms with Gasteiger partial charge in [0.1, 0.15) is 6.61 Å². The summed E-state index contributed by atoms with van der Waals surface area (Å²) in [5.74, 6) is 7.74. The first-order valence-electron chi connectivity index (χ1n) is 7.76. The molecule has 0 bridgehead atoms. The molecule has 2 N–H and O–H groups in total. The van der Waals surface area contributed by atoms with Gasteiger partial charge in [-0.15, -0.1) is 0 Å². The number of rotatable bonds is 5. The Balaban J connectivity index is 1.64. The van der Waals surface area contributed by atoms with Crippen LogP contribution in [0.3, 0.4) is 0 Å². The highest BCUT2D eigenvalue weighted by Crippen LogP contribution is 2.48. The van der Waals surface area contributed by atoms with E-state index in [9.17, 15) is 4.79 Å². The van der Waals surface area contributed by atoms with Crippen molar-refractivity contribution in [3.63, 3.8) is 0 Å². The van der Waals surface area contributed by atoms with Crippen LogP contribution < -0.4 is 5.32 Å². The molecule has 2 saturated carbocycles. The Morgan fingerprint density at radius 3 is 2.52 bits per heavy atom. The van der Waals surface area contributed by atoms with Crippen molar-refractivity contribution in [2.24, 2.45) is 17.8 Å². The Morgan fingerprint density at radius 2 is 1.90 bits per heavy atom. The van der Waals surface area contributed by atoms with Crippen LogP contribution in [-0.2, 0) is 0 Å². The number of nitrogens with one attached hydrogen (secondary N) is 1. The molecule has 2 aliphatic rings. The van der Waals surface area contributed by atoms with E-state index in [1.807, 2.05) is 18.2 Å². The Morgan fingerprint density at radius 1 is 1.24 bits per heavy atom. The molecular weight excluding hydrogens is 262 g/mol. The van der Waals surface area contributed by atoms with E-state index in [1.54, 1.807) is 6.07 Å². The van der Waals surface area contributed by atoms with Gasteiger partial charge in [-0.05, 0) is 55.6 Å². The maximum absolute atomic E-state index is 12.4. The van der Waals surface area contributed by atoms with Crippen LogP contribution in [0.15, 0.2) is 24.3 Å². The topological polar surface area (TPSA) is 49.3 Å². The van der Waals surface area contributed by atoms with Crippen molar-refractivity contribution < 1.29 is 9.90 Å². The minimum Gasteiger partial charge on any atom is -0.384 e. The van der Waals surface area contributed by atoms with Gasteiger partial charge in [-0.3, -0.25) is 4.79 Å². The SMILES string of the molecule is O=C(NCC(C1CC1)C1CC1)c1ccccc1C#CCO. The largest absolute Gasteiger partial charge is 0.384 e. The van der Waals surface area contributed by atoms with Crippen molar-refractivity contribution in [2.75, 3.05) is 13.2 Å². The zero-order valence-electron chi connectivity index (χ0n) is 12.1. The molecule has 0 unspecified atom stereocenters. The molecule has 2 fully saturated rings. The van der Waals surface area contributed by atoms with E-state index in [0.29, 0.717) is 17.0 Å². The molecule has 0 heterocycles. The van der Waals surface area contributed by atoms with E-state index in [-0.39, 0.29) is 12.5 Å². The molecule has 0 saturated heterocycles. The Hall–Kier alpha value is -1.79. The molecule has 0 atom stereocenters. The van der Waals surface area contributed by atoms with Gasteiger partial charge in [-0.1, -0.05) is 24.0 Å². The van der Waals surface area contributed by atoms with Gasteiger partial charge in [0, 0.05) is 12.1 Å². The van der Waals surface area contributed by atoms with E-state index < -0.39 is 0 Å². The van der Waals surface area contributed by atoms with Gasteiger partial charge in [-0.2, -0.15) is 0 Å². The van der Waals surface area contributed by atoms with E-state index in [0.717, 1.165) is 18.4 Å². The number of carbonyl (C=O) groups is 1. The van der Waals surface area contributed by atoms with Crippen LogP contribution >= 0.6 is 0 Å². The summed E-state index contributed by atoms with van der Waals surface area (Å²) < 4.78 is 0. The van der Waals surface area contributed by atoms with E-state index in [2.05, 4.69) is 17.2 Å². The minimum atomic E-state index is -0.193. The van der Waals surface area contributed by atoms with Crippen molar-refractivity contribution >= 4 is 5.91 Å². The summed E-state index contributed by atoms with van der Waals surface area (Å²) in [6.45, 7) is 0.595. The lowest BCUT2D eigenvalue weighted by molar-refractivity contribution is 0.0943. The second-order valence-corrected chi connectivity index (χ2v) is 6.05. The fourth-order valence-electron chi connectivity index (χ4n) is 3.00. The molecule has 0 aromatic heterocycles. The lowest BCUT2D eigenvalue weighted by atomic mass is 9.97. The monoisotopic (exact) mass is 283 g/mol. The Labute approximate surface area is 125 Å². The third-order valence-corrected chi connectivity index (χ3v) is 4.43. The second-order valence-electron chi connectivity index (χ2n) is 6.05. The van der Waals surface area contributed by atoms with Gasteiger partial charge in [0.25, 0.3) is 5.91 Å². The summed E-state index contributed by atoms with van der Waals surface area (Å²) in [7, 11) is 0. The standard InChI is InChI=1S/C18H21NO2/c20-11-3-5-13-4-1-2-6-16(13)18(21)19-12-17(14-7-8-14)15-9-10-15/h1-2,4,6,14-15,17,20H,7-12H2,(H,19,21). The van der Waals surface area contributed by atoms with Crippen LogP contribution in [0.25, 0.3) is 0 Å². The average molecular weight is 283 g/mol. The third kappa shape index (κ3) is 3.65. The van der Waals surface area contributed by atoms with Crippen molar-refractivity contribution in [3.05, 3.63) is 35.4 Å². The highest BCUT2D eigenvalue weighted by molar-refractivity contribution is 5.96. The van der Waals surface area contributed by atoms with E-state index in [4.69, 9.17) is 5.11 Å². The summed E-state index contributed by atoms with van der Waals surface area (Å²) in [6, 6.07) is 7.31. The Bertz CT molecular complexity index is 564. The first kappa shape index (κ1) is 14.2. The first-order valence-corrected chi connectivity index (χ1v) is 7.76. The van der Waals surface area contributed by atoms with Crippen molar-refractivity contribution in [2.45, 2.75) is 25.7 Å². The molecular formula is C18H21NO2. The smallest absolute Gasteiger partial charge is 0.252 e. The minimum absolute atomic E-state index is 0.0517. The summed E-state index contributed by atoms with van der Waals surface area (Å²) >= 11 is 0. The first-order chi connectivity index (χ1) is 10.3. The molecule has 0 radical (unpaired) electrons. The van der Waals surface area contributed by atoms with Crippen molar-refractivity contribution in [1.29, 1.82) is 0 Å². The average Bonchev–Trinajstić information content (AvgIpc) is 3.38. The fourth-order valence-corrected chi connectivity index (χ4v) is 3.00. The lowest BCUT2D eigenvalue weighted by Gasteiger charge is -2.16. The van der Waals surface area contributed by atoms with Crippen LogP contribution in [0.5, 0.6) is 0 Å². The van der Waals surface area contributed by atoms with Crippen LogP contribution in [0.4, 0.5) is 0 Å². The van der Waals surface area contributed by atoms with Crippen LogP contribution in [0, 0.1) is 29.6 Å².